The lowest BCUT2D eigenvalue weighted by Gasteiger charge is -2.08. The summed E-state index contributed by atoms with van der Waals surface area (Å²) in [6, 6.07) is 33.8. The third-order valence-corrected chi connectivity index (χ3v) is 5.40. The van der Waals surface area contributed by atoms with Crippen LogP contribution in [0.2, 0.25) is 0 Å². The smallest absolute Gasteiger partial charge is 0.137 e. The Morgan fingerprint density at radius 1 is 0.500 bits per heavy atom. The Hall–Kier alpha value is -3.78. The summed E-state index contributed by atoms with van der Waals surface area (Å²) in [6.07, 6.45) is 0. The zero-order valence-electron chi connectivity index (χ0n) is 15.1. The molecule has 0 aliphatic rings. The van der Waals surface area contributed by atoms with Crippen molar-refractivity contribution in [2.45, 2.75) is 0 Å². The van der Waals surface area contributed by atoms with Crippen LogP contribution < -0.4 is 5.32 Å². The topological polar surface area (TPSA) is 25.2 Å². The van der Waals surface area contributed by atoms with E-state index < -0.39 is 0 Å². The lowest BCUT2D eigenvalue weighted by Crippen LogP contribution is -1.89. The molecule has 0 aliphatic carbocycles. The van der Waals surface area contributed by atoms with Crippen LogP contribution in [0, 0.1) is 0 Å². The average molecular weight is 359 g/mol. The first kappa shape index (κ1) is 15.3. The Morgan fingerprint density at radius 3 is 2.14 bits per heavy atom. The molecule has 132 valence electrons. The van der Waals surface area contributed by atoms with Crippen molar-refractivity contribution in [3.8, 4) is 0 Å². The summed E-state index contributed by atoms with van der Waals surface area (Å²) in [4.78, 5) is 0. The molecule has 5 aromatic carbocycles. The van der Waals surface area contributed by atoms with Crippen LogP contribution in [0.25, 0.3) is 43.5 Å². The van der Waals surface area contributed by atoms with Crippen molar-refractivity contribution in [3.05, 3.63) is 97.1 Å². The molecule has 0 spiro atoms. The molecule has 1 aromatic heterocycles. The van der Waals surface area contributed by atoms with Gasteiger partial charge < -0.3 is 9.73 Å². The molecular formula is C26H17NO. The van der Waals surface area contributed by atoms with Crippen LogP contribution in [0.1, 0.15) is 0 Å². The van der Waals surface area contributed by atoms with Gasteiger partial charge in [0.2, 0.25) is 0 Å². The van der Waals surface area contributed by atoms with E-state index >= 15 is 0 Å². The number of anilines is 2. The van der Waals surface area contributed by atoms with Gasteiger partial charge >= 0.3 is 0 Å². The van der Waals surface area contributed by atoms with Crippen LogP contribution in [-0.2, 0) is 0 Å². The van der Waals surface area contributed by atoms with E-state index in [0.717, 1.165) is 27.9 Å². The molecule has 6 aromatic rings. The number of furan rings is 1. The van der Waals surface area contributed by atoms with Gasteiger partial charge in [0.25, 0.3) is 0 Å². The second-order valence-corrected chi connectivity index (χ2v) is 7.16. The highest BCUT2D eigenvalue weighted by molar-refractivity contribution is 6.19. The zero-order valence-corrected chi connectivity index (χ0v) is 15.1. The monoisotopic (exact) mass is 359 g/mol. The fourth-order valence-electron chi connectivity index (χ4n) is 4.06. The number of nitrogens with one attached hydrogen (secondary N) is 1. The maximum atomic E-state index is 6.17. The molecule has 6 rings (SSSR count). The number of fused-ring (bicyclic) bond motifs is 6. The van der Waals surface area contributed by atoms with Crippen molar-refractivity contribution < 1.29 is 4.42 Å². The lowest BCUT2D eigenvalue weighted by atomic mass is 10.0. The van der Waals surface area contributed by atoms with E-state index in [1.807, 2.05) is 0 Å². The molecule has 2 nitrogen and oxygen atoms in total. The Bertz CT molecular complexity index is 1490. The average Bonchev–Trinajstić information content (AvgIpc) is 3.12. The van der Waals surface area contributed by atoms with Crippen molar-refractivity contribution in [2.24, 2.45) is 0 Å². The van der Waals surface area contributed by atoms with Crippen molar-refractivity contribution >= 4 is 54.9 Å². The minimum Gasteiger partial charge on any atom is -0.456 e. The summed E-state index contributed by atoms with van der Waals surface area (Å²) in [5.41, 5.74) is 3.92. The van der Waals surface area contributed by atoms with Crippen LogP contribution in [0.4, 0.5) is 11.4 Å². The summed E-state index contributed by atoms with van der Waals surface area (Å²) >= 11 is 0. The van der Waals surface area contributed by atoms with Gasteiger partial charge in [0.1, 0.15) is 11.2 Å². The van der Waals surface area contributed by atoms with Crippen LogP contribution in [0.15, 0.2) is 101 Å². The molecule has 0 radical (unpaired) electrons. The van der Waals surface area contributed by atoms with Crippen molar-refractivity contribution in [3.63, 3.8) is 0 Å². The molecule has 0 unspecified atom stereocenters. The molecule has 28 heavy (non-hydrogen) atoms. The Balaban J connectivity index is 1.47. The van der Waals surface area contributed by atoms with E-state index in [9.17, 15) is 0 Å². The molecule has 0 saturated heterocycles. The number of rotatable bonds is 2. The van der Waals surface area contributed by atoms with Crippen LogP contribution in [0.5, 0.6) is 0 Å². The molecule has 1 heterocycles. The summed E-state index contributed by atoms with van der Waals surface area (Å²) in [6.45, 7) is 0. The van der Waals surface area contributed by atoms with Gasteiger partial charge in [0, 0.05) is 28.2 Å². The van der Waals surface area contributed by atoms with Gasteiger partial charge in [0.15, 0.2) is 0 Å². The zero-order chi connectivity index (χ0) is 18.5. The van der Waals surface area contributed by atoms with Gasteiger partial charge in [-0.05, 0) is 51.9 Å². The molecular weight excluding hydrogens is 342 g/mol. The molecule has 0 bridgehead atoms. The van der Waals surface area contributed by atoms with Crippen molar-refractivity contribution in [1.82, 2.24) is 0 Å². The van der Waals surface area contributed by atoms with E-state index in [4.69, 9.17) is 4.42 Å². The number of hydrogen-bond acceptors (Lipinski definition) is 2. The van der Waals surface area contributed by atoms with Gasteiger partial charge in [-0.15, -0.1) is 0 Å². The summed E-state index contributed by atoms with van der Waals surface area (Å²) in [7, 11) is 0. The molecule has 0 fully saturated rings. The molecule has 0 aliphatic heterocycles. The highest BCUT2D eigenvalue weighted by Crippen LogP contribution is 2.36. The largest absolute Gasteiger partial charge is 0.456 e. The predicted octanol–water partition coefficient (Wildman–Crippen LogP) is 7.64. The maximum Gasteiger partial charge on any atom is 0.137 e. The lowest BCUT2D eigenvalue weighted by molar-refractivity contribution is 0.669. The highest BCUT2D eigenvalue weighted by Gasteiger charge is 2.11. The third kappa shape index (κ3) is 2.35. The van der Waals surface area contributed by atoms with Gasteiger partial charge in [-0.3, -0.25) is 0 Å². The standard InChI is InChI=1S/C26H17NO/c1-2-7-19-15-20(11-9-17(19)5-1)27-21-12-13-23-25(16-21)28-24-14-10-18-6-3-4-8-22(18)26(23)24/h1-16,27H. The Labute approximate surface area is 162 Å². The van der Waals surface area contributed by atoms with Gasteiger partial charge in [-0.2, -0.15) is 0 Å². The first-order valence-corrected chi connectivity index (χ1v) is 9.45. The molecule has 1 N–H and O–H groups in total. The van der Waals surface area contributed by atoms with Gasteiger partial charge in [-0.1, -0.05) is 60.7 Å². The van der Waals surface area contributed by atoms with Crippen LogP contribution in [-0.4, -0.2) is 0 Å². The van der Waals surface area contributed by atoms with Crippen LogP contribution in [0.3, 0.4) is 0 Å². The fraction of sp³-hybridized carbons (Fsp3) is 0. The summed E-state index contributed by atoms with van der Waals surface area (Å²) < 4.78 is 6.17. The predicted molar refractivity (Wildman–Crippen MR) is 118 cm³/mol. The minimum absolute atomic E-state index is 0.900. The first-order valence-electron chi connectivity index (χ1n) is 9.45. The van der Waals surface area contributed by atoms with E-state index in [2.05, 4.69) is 102 Å². The fourth-order valence-corrected chi connectivity index (χ4v) is 4.06. The SMILES string of the molecule is c1ccc2cc(Nc3ccc4c(c3)oc3ccc5ccccc5c34)ccc2c1. The van der Waals surface area contributed by atoms with E-state index in [1.54, 1.807) is 0 Å². The molecule has 0 saturated carbocycles. The van der Waals surface area contributed by atoms with Crippen molar-refractivity contribution in [2.75, 3.05) is 5.32 Å². The second-order valence-electron chi connectivity index (χ2n) is 7.16. The van der Waals surface area contributed by atoms with E-state index in [0.29, 0.717) is 0 Å². The Kier molecular flexibility index (Phi) is 3.20. The Morgan fingerprint density at radius 2 is 1.21 bits per heavy atom. The van der Waals surface area contributed by atoms with E-state index in [1.165, 1.54) is 26.9 Å². The first-order chi connectivity index (χ1) is 13.8. The summed E-state index contributed by atoms with van der Waals surface area (Å²) in [5, 5.41) is 10.8. The normalized spacial score (nSPS) is 11.6. The number of hydrogen-bond donors (Lipinski definition) is 1. The molecule has 0 amide bonds. The number of benzene rings is 5. The second kappa shape index (κ2) is 5.86. The van der Waals surface area contributed by atoms with Crippen LogP contribution >= 0.6 is 0 Å². The van der Waals surface area contributed by atoms with Gasteiger partial charge in [0.05, 0.1) is 0 Å². The minimum atomic E-state index is 0.900. The molecule has 0 atom stereocenters. The van der Waals surface area contributed by atoms with Gasteiger partial charge in [-0.25, -0.2) is 0 Å². The molecule has 2 heteroatoms. The summed E-state index contributed by atoms with van der Waals surface area (Å²) in [5.74, 6) is 0. The maximum absolute atomic E-state index is 6.17. The third-order valence-electron chi connectivity index (χ3n) is 5.40. The van der Waals surface area contributed by atoms with Crippen molar-refractivity contribution in [1.29, 1.82) is 0 Å². The van der Waals surface area contributed by atoms with E-state index in [-0.39, 0.29) is 0 Å². The highest BCUT2D eigenvalue weighted by atomic mass is 16.3. The quantitative estimate of drug-likeness (QED) is 0.344.